The van der Waals surface area contributed by atoms with Crippen molar-refractivity contribution in [2.75, 3.05) is 10.6 Å². The second kappa shape index (κ2) is 15.0. The Bertz CT molecular complexity index is 2050. The van der Waals surface area contributed by atoms with Crippen molar-refractivity contribution in [1.82, 2.24) is 0 Å². The summed E-state index contributed by atoms with van der Waals surface area (Å²) in [5.41, 5.74) is 9.84. The Balaban J connectivity index is 0.000000206. The van der Waals surface area contributed by atoms with Gasteiger partial charge in [-0.2, -0.15) is 0 Å². The molecule has 4 aromatic rings. The predicted octanol–water partition coefficient (Wildman–Crippen LogP) is 10.5. The van der Waals surface area contributed by atoms with Crippen molar-refractivity contribution in [2.45, 2.75) is 103 Å². The molecule has 0 unspecified atom stereocenters. The number of fused-ring (bicyclic) bond motifs is 2. The van der Waals surface area contributed by atoms with Crippen LogP contribution >= 0.6 is 0 Å². The molecule has 4 aromatic carbocycles. The Labute approximate surface area is 313 Å². The van der Waals surface area contributed by atoms with E-state index in [1.54, 1.807) is 48.5 Å². The third-order valence-corrected chi connectivity index (χ3v) is 11.1. The molecule has 2 aliphatic carbocycles. The lowest BCUT2D eigenvalue weighted by Crippen LogP contribution is -2.33. The Morgan fingerprint density at radius 2 is 0.887 bits per heavy atom. The third-order valence-electron chi connectivity index (χ3n) is 11.1. The van der Waals surface area contributed by atoms with Crippen molar-refractivity contribution in [2.24, 2.45) is 0 Å². The number of benzene rings is 4. The Morgan fingerprint density at radius 3 is 1.25 bits per heavy atom. The van der Waals surface area contributed by atoms with E-state index in [1.165, 1.54) is 34.8 Å². The van der Waals surface area contributed by atoms with Crippen LogP contribution in [0.5, 0.6) is 0 Å². The number of aldehydes is 1. The topological polar surface area (TPSA) is 113 Å². The normalized spacial score (nSPS) is 17.3. The van der Waals surface area contributed by atoms with E-state index in [9.17, 15) is 19.2 Å². The first-order valence-corrected chi connectivity index (χ1v) is 18.3. The van der Waals surface area contributed by atoms with Gasteiger partial charge >= 0.3 is 5.97 Å². The lowest BCUT2D eigenvalue weighted by molar-refractivity contribution is -0.131. The summed E-state index contributed by atoms with van der Waals surface area (Å²) in [7, 11) is 0. The number of rotatable bonds is 7. The lowest BCUT2D eigenvalue weighted by Gasteiger charge is -2.42. The maximum Gasteiger partial charge on any atom is 0.328 e. The van der Waals surface area contributed by atoms with Gasteiger partial charge in [-0.15, -0.1) is 0 Å². The molecular formula is C46H52N2O5. The van der Waals surface area contributed by atoms with Gasteiger partial charge in [-0.25, -0.2) is 4.79 Å². The number of hydrogen-bond acceptors (Lipinski definition) is 4. The molecule has 2 amide bonds. The van der Waals surface area contributed by atoms with Gasteiger partial charge in [0.2, 0.25) is 0 Å². The minimum Gasteiger partial charge on any atom is -0.478 e. The van der Waals surface area contributed by atoms with Gasteiger partial charge in [-0.1, -0.05) is 91.8 Å². The van der Waals surface area contributed by atoms with E-state index in [2.05, 4.69) is 90.3 Å². The van der Waals surface area contributed by atoms with Crippen molar-refractivity contribution < 1.29 is 24.3 Å². The van der Waals surface area contributed by atoms with Crippen LogP contribution in [0.25, 0.3) is 6.08 Å². The first-order chi connectivity index (χ1) is 24.8. The number of carbonyl (C=O) groups excluding carboxylic acids is 3. The summed E-state index contributed by atoms with van der Waals surface area (Å²) in [4.78, 5) is 46.4. The molecule has 0 atom stereocenters. The Kier molecular flexibility index (Phi) is 11.0. The van der Waals surface area contributed by atoms with Crippen molar-refractivity contribution >= 4 is 41.5 Å². The van der Waals surface area contributed by atoms with Crippen molar-refractivity contribution in [3.8, 4) is 0 Å². The molecule has 6 rings (SSSR count). The highest BCUT2D eigenvalue weighted by Crippen LogP contribution is 2.47. The number of hydrogen-bond donors (Lipinski definition) is 3. The smallest absolute Gasteiger partial charge is 0.328 e. The molecule has 0 saturated carbocycles. The van der Waals surface area contributed by atoms with Crippen LogP contribution in [-0.2, 0) is 26.5 Å². The average molecular weight is 713 g/mol. The minimum absolute atomic E-state index is 0.0870. The number of aliphatic carboxylic acids is 1. The summed E-state index contributed by atoms with van der Waals surface area (Å²) in [6.07, 6.45) is 7.92. The highest BCUT2D eigenvalue weighted by atomic mass is 16.4. The maximum atomic E-state index is 12.6. The molecule has 0 spiro atoms. The zero-order chi connectivity index (χ0) is 38.8. The van der Waals surface area contributed by atoms with Gasteiger partial charge in [-0.3, -0.25) is 14.4 Å². The van der Waals surface area contributed by atoms with Crippen LogP contribution in [-0.4, -0.2) is 29.2 Å². The van der Waals surface area contributed by atoms with Gasteiger partial charge in [-0.05, 0) is 130 Å². The summed E-state index contributed by atoms with van der Waals surface area (Å²) in [5.74, 6) is -1.34. The monoisotopic (exact) mass is 712 g/mol. The van der Waals surface area contributed by atoms with Crippen LogP contribution in [0.4, 0.5) is 11.4 Å². The average Bonchev–Trinajstić information content (AvgIpc) is 3.12. The zero-order valence-corrected chi connectivity index (χ0v) is 32.2. The summed E-state index contributed by atoms with van der Waals surface area (Å²) >= 11 is 0. The largest absolute Gasteiger partial charge is 0.478 e. The molecule has 0 heterocycles. The molecule has 53 heavy (non-hydrogen) atoms. The van der Waals surface area contributed by atoms with E-state index in [1.807, 2.05) is 12.1 Å². The fraction of sp³-hybridized carbons (Fsp3) is 0.348. The van der Waals surface area contributed by atoms with Crippen molar-refractivity contribution in [3.63, 3.8) is 0 Å². The highest BCUT2D eigenvalue weighted by Gasteiger charge is 2.38. The van der Waals surface area contributed by atoms with Crippen LogP contribution in [0.15, 0.2) is 91.0 Å². The minimum atomic E-state index is -1.000. The SMILES string of the molecule is CC1(C)CCC(C)(C)c2cc(NC(=O)c3ccc(/C=C/C(=O)O)cc3)ccc21.CC1(C)CCC(C)(C)c2cc(NC(=O)c3ccc(C=O)cc3)ccc21. The molecule has 0 fully saturated rings. The van der Waals surface area contributed by atoms with Gasteiger partial charge in [0.1, 0.15) is 6.29 Å². The van der Waals surface area contributed by atoms with E-state index in [0.29, 0.717) is 16.7 Å². The number of carboxylic acids is 1. The van der Waals surface area contributed by atoms with E-state index in [4.69, 9.17) is 5.11 Å². The fourth-order valence-electron chi connectivity index (χ4n) is 7.37. The van der Waals surface area contributed by atoms with Crippen LogP contribution < -0.4 is 10.6 Å². The number of amides is 2. The van der Waals surface area contributed by atoms with E-state index in [0.717, 1.165) is 48.6 Å². The quantitative estimate of drug-likeness (QED) is 0.130. The van der Waals surface area contributed by atoms with Crippen LogP contribution in [0.2, 0.25) is 0 Å². The molecule has 3 N–H and O–H groups in total. The molecule has 0 bridgehead atoms. The number of nitrogens with one attached hydrogen (secondary N) is 2. The first-order valence-electron chi connectivity index (χ1n) is 18.3. The summed E-state index contributed by atoms with van der Waals surface area (Å²) < 4.78 is 0. The first kappa shape index (κ1) is 38.9. The second-order valence-corrected chi connectivity index (χ2v) is 17.0. The highest BCUT2D eigenvalue weighted by molar-refractivity contribution is 6.05. The summed E-state index contributed by atoms with van der Waals surface area (Å²) in [5, 5.41) is 14.7. The van der Waals surface area contributed by atoms with E-state index < -0.39 is 5.97 Å². The van der Waals surface area contributed by atoms with Gasteiger partial charge in [0.25, 0.3) is 11.8 Å². The van der Waals surface area contributed by atoms with Crippen LogP contribution in [0, 0.1) is 0 Å². The molecule has 7 nitrogen and oxygen atoms in total. The molecule has 0 radical (unpaired) electrons. The lowest BCUT2D eigenvalue weighted by atomic mass is 9.63. The number of anilines is 2. The van der Waals surface area contributed by atoms with Crippen LogP contribution in [0.3, 0.4) is 0 Å². The number of carbonyl (C=O) groups is 4. The Hall–Kier alpha value is -5.30. The molecular weight excluding hydrogens is 661 g/mol. The molecule has 0 aliphatic heterocycles. The molecule has 0 saturated heterocycles. The molecule has 276 valence electrons. The maximum absolute atomic E-state index is 12.6. The van der Waals surface area contributed by atoms with Gasteiger partial charge in [0.05, 0.1) is 0 Å². The van der Waals surface area contributed by atoms with Gasteiger partial charge in [0.15, 0.2) is 0 Å². The van der Waals surface area contributed by atoms with Gasteiger partial charge in [0, 0.05) is 34.1 Å². The fourth-order valence-corrected chi connectivity index (χ4v) is 7.37. The standard InChI is InChI=1S/C24H27NO3.C22H25NO2/c1-23(2)13-14-24(3,4)20-15-18(10-11-19(20)23)25-22(28)17-8-5-16(6-9-17)7-12-21(26)27;1-21(2)11-12-22(3,4)19-13-17(9-10-18(19)21)23-20(25)16-7-5-15(14-24)6-8-16/h5-12,15H,13-14H2,1-4H3,(H,25,28)(H,26,27);5-10,13-14H,11-12H2,1-4H3,(H,23,25)/b12-7+;. The second-order valence-electron chi connectivity index (χ2n) is 17.0. The molecule has 7 heteroatoms. The predicted molar refractivity (Wildman–Crippen MR) is 214 cm³/mol. The summed E-state index contributed by atoms with van der Waals surface area (Å²) in [6.45, 7) is 18.2. The Morgan fingerprint density at radius 1 is 0.528 bits per heavy atom. The zero-order valence-electron chi connectivity index (χ0n) is 32.2. The van der Waals surface area contributed by atoms with Crippen molar-refractivity contribution in [1.29, 1.82) is 0 Å². The number of carboxylic acid groups (broad SMARTS) is 1. The summed E-state index contributed by atoms with van der Waals surface area (Å²) in [6, 6.07) is 26.0. The van der Waals surface area contributed by atoms with Gasteiger partial charge < -0.3 is 15.7 Å². The molecule has 0 aromatic heterocycles. The van der Waals surface area contributed by atoms with E-state index in [-0.39, 0.29) is 33.5 Å². The third kappa shape index (κ3) is 9.02. The van der Waals surface area contributed by atoms with Crippen molar-refractivity contribution in [3.05, 3.63) is 136 Å². The van der Waals surface area contributed by atoms with Crippen LogP contribution in [0.1, 0.15) is 140 Å². The van der Waals surface area contributed by atoms with E-state index >= 15 is 0 Å². The molecule has 2 aliphatic rings.